The summed E-state index contributed by atoms with van der Waals surface area (Å²) in [6.07, 6.45) is 3.68. The van der Waals surface area contributed by atoms with Crippen LogP contribution in [-0.2, 0) is 14.8 Å². The van der Waals surface area contributed by atoms with Gasteiger partial charge in [0.25, 0.3) is 0 Å². The van der Waals surface area contributed by atoms with Gasteiger partial charge in [0.05, 0.1) is 10.9 Å². The third-order valence-corrected chi connectivity index (χ3v) is 9.16. The molecule has 2 saturated heterocycles. The number of benzene rings is 1. The lowest BCUT2D eigenvalue weighted by molar-refractivity contribution is -0.136. The number of fused-ring (bicyclic) bond motifs is 2. The average molecular weight is 514 g/mol. The predicted molar refractivity (Wildman–Crippen MR) is 133 cm³/mol. The number of rotatable bonds is 4. The van der Waals surface area contributed by atoms with Crippen molar-refractivity contribution in [2.24, 2.45) is 5.92 Å². The Hall–Kier alpha value is -1.30. The van der Waals surface area contributed by atoms with Crippen molar-refractivity contribution >= 4 is 47.2 Å². The van der Waals surface area contributed by atoms with Gasteiger partial charge in [-0.3, -0.25) is 4.79 Å². The normalized spacial score (nSPS) is 25.5. The van der Waals surface area contributed by atoms with Crippen molar-refractivity contribution in [2.45, 2.75) is 68.8 Å². The van der Waals surface area contributed by atoms with Gasteiger partial charge in [0.15, 0.2) is 0 Å². The van der Waals surface area contributed by atoms with E-state index in [1.165, 1.54) is 22.5 Å². The van der Waals surface area contributed by atoms with E-state index in [9.17, 15) is 13.2 Å². The van der Waals surface area contributed by atoms with Gasteiger partial charge >= 0.3 is 0 Å². The zero-order chi connectivity index (χ0) is 23.8. The largest absolute Gasteiger partial charge is 0.327 e. The molecule has 1 amide bonds. The first-order chi connectivity index (χ1) is 14.8. The van der Waals surface area contributed by atoms with Crippen LogP contribution in [0.5, 0.6) is 0 Å². The number of hydrogen-bond acceptors (Lipinski definition) is 3. The highest BCUT2D eigenvalue weighted by atomic mass is 35.5. The second kappa shape index (κ2) is 9.52. The maximum absolute atomic E-state index is 13.8. The smallest absolute Gasteiger partial charge is 0.244 e. The molecule has 2 heterocycles. The van der Waals surface area contributed by atoms with Gasteiger partial charge < -0.3 is 4.90 Å². The zero-order valence-electron chi connectivity index (χ0n) is 18.9. The van der Waals surface area contributed by atoms with Crippen molar-refractivity contribution in [2.75, 3.05) is 6.54 Å². The van der Waals surface area contributed by atoms with Gasteiger partial charge in [0.1, 0.15) is 14.1 Å². The Labute approximate surface area is 202 Å². The summed E-state index contributed by atoms with van der Waals surface area (Å²) in [4.78, 5) is 15.4. The fraction of sp³-hybridized carbons (Fsp3) is 0.522. The number of carbonyl (C=O) groups excluding carboxylic acids is 1. The lowest BCUT2D eigenvalue weighted by Gasteiger charge is -2.40. The number of carbonyl (C=O) groups is 1. The van der Waals surface area contributed by atoms with Crippen LogP contribution in [0.1, 0.15) is 26.2 Å². The fourth-order valence-electron chi connectivity index (χ4n) is 4.40. The minimum atomic E-state index is -4.01. The van der Waals surface area contributed by atoms with E-state index in [0.717, 1.165) is 6.42 Å². The molecule has 2 aliphatic heterocycles. The molecule has 1 aromatic rings. The molecule has 3 rings (SSSR count). The number of nitrogens with zero attached hydrogens (tertiary/aromatic N) is 2. The van der Waals surface area contributed by atoms with E-state index in [4.69, 9.17) is 23.2 Å². The molecule has 0 radical (unpaired) electrons. The van der Waals surface area contributed by atoms with E-state index in [1.807, 2.05) is 6.92 Å². The standard InChI is InChI=1S/C23H30Cl2N2O3SSi/c1-6-17-15-26(16(2)10-11-32(3,4)5)23(28)22-9-7-8-21(17)27(22)31(29,30)20-13-18(24)12-19(25)14-20/h6,12-14,16-17,21-22H,1,7-9,15H2,2-5H3/t16?,17-,21+,22-/m0/s1. The molecule has 2 fully saturated rings. The van der Waals surface area contributed by atoms with Crippen LogP contribution < -0.4 is 0 Å². The minimum absolute atomic E-state index is 0.00235. The molecule has 32 heavy (non-hydrogen) atoms. The summed E-state index contributed by atoms with van der Waals surface area (Å²) in [6, 6.07) is 2.82. The van der Waals surface area contributed by atoms with E-state index in [2.05, 4.69) is 37.7 Å². The lowest BCUT2D eigenvalue weighted by Crippen LogP contribution is -2.55. The highest BCUT2D eigenvalue weighted by molar-refractivity contribution is 7.89. The van der Waals surface area contributed by atoms with Crippen LogP contribution in [0.3, 0.4) is 0 Å². The van der Waals surface area contributed by atoms with Gasteiger partial charge in [-0.15, -0.1) is 12.1 Å². The summed E-state index contributed by atoms with van der Waals surface area (Å²) in [5.74, 6) is 2.85. The molecule has 174 valence electrons. The summed E-state index contributed by atoms with van der Waals surface area (Å²) in [7, 11) is -5.63. The van der Waals surface area contributed by atoms with E-state index in [-0.39, 0.29) is 38.8 Å². The van der Waals surface area contributed by atoms with Gasteiger partial charge in [-0.2, -0.15) is 4.31 Å². The quantitative estimate of drug-likeness (QED) is 0.330. The Morgan fingerprint density at radius 2 is 1.81 bits per heavy atom. The Morgan fingerprint density at radius 1 is 1.19 bits per heavy atom. The molecule has 1 aromatic carbocycles. The van der Waals surface area contributed by atoms with Crippen molar-refractivity contribution in [1.29, 1.82) is 0 Å². The number of halogens is 2. The highest BCUT2D eigenvalue weighted by Crippen LogP contribution is 2.38. The molecule has 0 spiro atoms. The molecule has 0 N–H and O–H groups in total. The second-order valence-corrected chi connectivity index (χ2v) is 17.0. The van der Waals surface area contributed by atoms with Gasteiger partial charge in [-0.25, -0.2) is 8.42 Å². The van der Waals surface area contributed by atoms with Crippen molar-refractivity contribution in [3.8, 4) is 11.5 Å². The molecule has 0 saturated carbocycles. The van der Waals surface area contributed by atoms with Crippen molar-refractivity contribution in [3.63, 3.8) is 0 Å². The van der Waals surface area contributed by atoms with Gasteiger partial charge in [-0.05, 0) is 44.4 Å². The van der Waals surface area contributed by atoms with Crippen LogP contribution in [0.25, 0.3) is 0 Å². The van der Waals surface area contributed by atoms with Crippen molar-refractivity contribution < 1.29 is 13.2 Å². The highest BCUT2D eigenvalue weighted by Gasteiger charge is 2.50. The molecular formula is C23H30Cl2N2O3SSi. The van der Waals surface area contributed by atoms with Gasteiger partial charge in [0, 0.05) is 28.5 Å². The van der Waals surface area contributed by atoms with Crippen LogP contribution in [0, 0.1) is 17.4 Å². The lowest BCUT2D eigenvalue weighted by atomic mass is 9.90. The van der Waals surface area contributed by atoms with E-state index < -0.39 is 24.1 Å². The second-order valence-electron chi connectivity index (χ2n) is 9.54. The molecule has 4 atom stereocenters. The Kier molecular flexibility index (Phi) is 7.53. The Morgan fingerprint density at radius 3 is 2.38 bits per heavy atom. The molecule has 9 heteroatoms. The third-order valence-electron chi connectivity index (χ3n) is 5.92. The Bertz CT molecular complexity index is 1050. The molecule has 5 nitrogen and oxygen atoms in total. The molecule has 1 unspecified atom stereocenters. The van der Waals surface area contributed by atoms with Crippen LogP contribution in [0.2, 0.25) is 29.7 Å². The van der Waals surface area contributed by atoms with Crippen molar-refractivity contribution in [1.82, 2.24) is 9.21 Å². The summed E-state index contributed by atoms with van der Waals surface area (Å²) in [5.41, 5.74) is 3.34. The van der Waals surface area contributed by atoms with E-state index in [0.29, 0.717) is 19.4 Å². The van der Waals surface area contributed by atoms with Gasteiger partial charge in [0.2, 0.25) is 15.9 Å². The topological polar surface area (TPSA) is 57.7 Å². The summed E-state index contributed by atoms with van der Waals surface area (Å²) >= 11 is 12.2. The molecule has 0 aromatic heterocycles. The van der Waals surface area contributed by atoms with Crippen LogP contribution in [0.4, 0.5) is 0 Å². The fourth-order valence-corrected chi connectivity index (χ4v) is 7.64. The van der Waals surface area contributed by atoms with E-state index in [1.54, 1.807) is 11.0 Å². The predicted octanol–water partition coefficient (Wildman–Crippen LogP) is 4.82. The summed E-state index contributed by atoms with van der Waals surface area (Å²) in [6.45, 7) is 12.7. The first kappa shape index (κ1) is 25.3. The first-order valence-electron chi connectivity index (χ1n) is 10.8. The van der Waals surface area contributed by atoms with Gasteiger partial charge in [-0.1, -0.05) is 54.8 Å². The van der Waals surface area contributed by atoms with Crippen LogP contribution in [-0.4, -0.2) is 56.3 Å². The number of amides is 1. The van der Waals surface area contributed by atoms with Crippen LogP contribution in [0.15, 0.2) is 35.7 Å². The third kappa shape index (κ3) is 5.26. The van der Waals surface area contributed by atoms with Crippen LogP contribution >= 0.6 is 23.2 Å². The minimum Gasteiger partial charge on any atom is -0.327 e. The Balaban J connectivity index is 2.08. The number of hydrogen-bond donors (Lipinski definition) is 0. The number of sulfonamides is 1. The molecule has 0 aliphatic carbocycles. The van der Waals surface area contributed by atoms with Crippen molar-refractivity contribution in [3.05, 3.63) is 40.9 Å². The zero-order valence-corrected chi connectivity index (χ0v) is 22.3. The first-order valence-corrected chi connectivity index (χ1v) is 16.5. The summed E-state index contributed by atoms with van der Waals surface area (Å²) < 4.78 is 29.0. The number of piperidine rings is 1. The molecular weight excluding hydrogens is 483 g/mol. The average Bonchev–Trinajstić information content (AvgIpc) is 2.77. The van der Waals surface area contributed by atoms with E-state index >= 15 is 0 Å². The SMILES string of the molecule is C=C[C@H]1CN(C(C)C#C[Si](C)(C)C)C(=O)[C@@H]2CCC[C@H]1N2S(=O)(=O)c1cc(Cl)cc(Cl)c1. The summed E-state index contributed by atoms with van der Waals surface area (Å²) in [5, 5.41) is 0.471. The molecule has 2 aliphatic rings. The maximum Gasteiger partial charge on any atom is 0.244 e. The molecule has 2 bridgehead atoms. The maximum atomic E-state index is 13.8. The monoisotopic (exact) mass is 512 g/mol.